The van der Waals surface area contributed by atoms with Gasteiger partial charge in [-0.25, -0.2) is 19.4 Å². The Balaban J connectivity index is 1.62. The highest BCUT2D eigenvalue weighted by molar-refractivity contribution is 7.12. The predicted molar refractivity (Wildman–Crippen MR) is 118 cm³/mol. The summed E-state index contributed by atoms with van der Waals surface area (Å²) in [4.78, 5) is 54.6. The molecule has 0 saturated heterocycles. The molecule has 4 rings (SSSR count). The molecule has 0 amide bonds. The molecular formula is C20H18N4O6S2. The van der Waals surface area contributed by atoms with E-state index < -0.39 is 29.3 Å². The second-order valence-corrected chi connectivity index (χ2v) is 8.75. The molecule has 0 radical (unpaired) electrons. The van der Waals surface area contributed by atoms with Crippen molar-refractivity contribution in [2.75, 3.05) is 6.61 Å². The maximum Gasteiger partial charge on any atom is 0.348 e. The molecule has 0 spiro atoms. The van der Waals surface area contributed by atoms with Crippen LogP contribution in [-0.4, -0.2) is 43.3 Å². The highest BCUT2D eigenvalue weighted by atomic mass is 32.1. The van der Waals surface area contributed by atoms with E-state index in [4.69, 9.17) is 9.47 Å². The van der Waals surface area contributed by atoms with Gasteiger partial charge in [-0.2, -0.15) is 0 Å². The van der Waals surface area contributed by atoms with Crippen molar-refractivity contribution >= 4 is 45.8 Å². The number of aromatic nitrogens is 4. The van der Waals surface area contributed by atoms with E-state index in [2.05, 4.69) is 4.98 Å². The van der Waals surface area contributed by atoms with Crippen LogP contribution in [-0.2, 0) is 30.1 Å². The van der Waals surface area contributed by atoms with E-state index in [1.807, 2.05) is 0 Å². The molecule has 1 unspecified atom stereocenters. The highest BCUT2D eigenvalue weighted by Gasteiger charge is 2.23. The normalized spacial score (nSPS) is 12.1. The molecule has 4 aromatic heterocycles. The minimum Gasteiger partial charge on any atom is -0.457 e. The number of hydrogen-bond acceptors (Lipinski definition) is 9. The number of aryl methyl sites for hydroxylation is 1. The van der Waals surface area contributed by atoms with Gasteiger partial charge in [0.2, 0.25) is 0 Å². The van der Waals surface area contributed by atoms with Crippen LogP contribution in [0.1, 0.15) is 19.3 Å². The fourth-order valence-electron chi connectivity index (χ4n) is 3.12. The number of carbonyl (C=O) groups excluding carboxylic acids is 2. The smallest absolute Gasteiger partial charge is 0.348 e. The number of carbonyl (C=O) groups is 2. The minimum atomic E-state index is -0.896. The standard InChI is InChI=1S/C20H18N4O6S2/c1-22-16-15(17(25)23(2)20(22)28)24(11-21-16)9-12(30-19(27)14-6-4-8-32-14)10-29-18(26)13-5-3-7-31-13/h3-8,11-12H,9-10H2,1-2H3. The summed E-state index contributed by atoms with van der Waals surface area (Å²) in [5, 5.41) is 3.50. The SMILES string of the molecule is Cn1c(=O)c2c(ncn2CC(COC(=O)c2cccs2)OC(=O)c2cccs2)n(C)c1=O. The van der Waals surface area contributed by atoms with Crippen molar-refractivity contribution in [1.29, 1.82) is 0 Å². The van der Waals surface area contributed by atoms with Gasteiger partial charge in [0.1, 0.15) is 16.4 Å². The predicted octanol–water partition coefficient (Wildman–Crippen LogP) is 1.64. The minimum absolute atomic E-state index is 0.00121. The summed E-state index contributed by atoms with van der Waals surface area (Å²) in [6.07, 6.45) is 0.492. The van der Waals surface area contributed by atoms with Gasteiger partial charge in [-0.3, -0.25) is 13.9 Å². The van der Waals surface area contributed by atoms with Gasteiger partial charge in [0.25, 0.3) is 5.56 Å². The molecule has 4 aromatic rings. The van der Waals surface area contributed by atoms with E-state index in [1.54, 1.807) is 35.0 Å². The molecule has 0 aliphatic heterocycles. The Hall–Kier alpha value is -3.51. The van der Waals surface area contributed by atoms with E-state index in [0.29, 0.717) is 9.75 Å². The molecule has 12 heteroatoms. The molecule has 0 fully saturated rings. The zero-order chi connectivity index (χ0) is 22.8. The number of rotatable bonds is 7. The third-order valence-corrected chi connectivity index (χ3v) is 6.44. The average molecular weight is 475 g/mol. The maximum absolute atomic E-state index is 12.7. The summed E-state index contributed by atoms with van der Waals surface area (Å²) in [5.74, 6) is -1.10. The first-order valence-electron chi connectivity index (χ1n) is 9.42. The number of esters is 2. The molecule has 0 N–H and O–H groups in total. The van der Waals surface area contributed by atoms with Crippen LogP contribution >= 0.6 is 22.7 Å². The molecule has 0 aromatic carbocycles. The number of hydrogen-bond donors (Lipinski definition) is 0. The van der Waals surface area contributed by atoms with Gasteiger partial charge in [-0.05, 0) is 22.9 Å². The van der Waals surface area contributed by atoms with Crippen molar-refractivity contribution in [1.82, 2.24) is 18.7 Å². The van der Waals surface area contributed by atoms with E-state index in [1.165, 1.54) is 52.2 Å². The van der Waals surface area contributed by atoms with Crippen molar-refractivity contribution in [3.63, 3.8) is 0 Å². The van der Waals surface area contributed by atoms with Crippen LogP contribution in [0.2, 0.25) is 0 Å². The Morgan fingerprint density at radius 2 is 1.69 bits per heavy atom. The topological polar surface area (TPSA) is 114 Å². The third kappa shape index (κ3) is 4.14. The molecule has 10 nitrogen and oxygen atoms in total. The van der Waals surface area contributed by atoms with Crippen molar-refractivity contribution in [2.45, 2.75) is 12.6 Å². The average Bonchev–Trinajstić information content (AvgIpc) is 3.55. The van der Waals surface area contributed by atoms with Crippen LogP contribution in [0.3, 0.4) is 0 Å². The highest BCUT2D eigenvalue weighted by Crippen LogP contribution is 2.15. The maximum atomic E-state index is 12.7. The molecule has 0 saturated carbocycles. The van der Waals surface area contributed by atoms with Crippen molar-refractivity contribution < 1.29 is 19.1 Å². The van der Waals surface area contributed by atoms with Gasteiger partial charge in [-0.1, -0.05) is 12.1 Å². The molecule has 4 heterocycles. The lowest BCUT2D eigenvalue weighted by Gasteiger charge is -2.18. The van der Waals surface area contributed by atoms with Gasteiger partial charge in [0.15, 0.2) is 17.3 Å². The Bertz CT molecular complexity index is 1380. The summed E-state index contributed by atoms with van der Waals surface area (Å²) >= 11 is 2.46. The van der Waals surface area contributed by atoms with E-state index in [9.17, 15) is 19.2 Å². The van der Waals surface area contributed by atoms with Crippen LogP contribution in [0.5, 0.6) is 0 Å². The third-order valence-electron chi connectivity index (χ3n) is 4.74. The molecule has 0 aliphatic carbocycles. The van der Waals surface area contributed by atoms with Gasteiger partial charge in [0, 0.05) is 14.1 Å². The summed E-state index contributed by atoms with van der Waals surface area (Å²) in [6, 6.07) is 6.71. The van der Waals surface area contributed by atoms with Crippen molar-refractivity contribution in [3.05, 3.63) is 71.9 Å². The zero-order valence-electron chi connectivity index (χ0n) is 17.1. The zero-order valence-corrected chi connectivity index (χ0v) is 18.7. The molecule has 0 aliphatic rings. The second kappa shape index (κ2) is 8.93. The summed E-state index contributed by atoms with van der Waals surface area (Å²) in [6.45, 7) is -0.224. The lowest BCUT2D eigenvalue weighted by molar-refractivity contribution is -0.00432. The Morgan fingerprint density at radius 1 is 1.03 bits per heavy atom. The van der Waals surface area contributed by atoms with Crippen molar-refractivity contribution in [2.24, 2.45) is 14.1 Å². The lowest BCUT2D eigenvalue weighted by Crippen LogP contribution is -2.38. The van der Waals surface area contributed by atoms with Gasteiger partial charge in [0.05, 0.1) is 12.9 Å². The molecule has 1 atom stereocenters. The van der Waals surface area contributed by atoms with E-state index >= 15 is 0 Å². The largest absolute Gasteiger partial charge is 0.457 e. The van der Waals surface area contributed by atoms with Crippen LogP contribution < -0.4 is 11.2 Å². The van der Waals surface area contributed by atoms with Crippen LogP contribution in [0, 0.1) is 0 Å². The number of fused-ring (bicyclic) bond motifs is 1. The lowest BCUT2D eigenvalue weighted by atomic mass is 10.3. The van der Waals surface area contributed by atoms with Gasteiger partial charge < -0.3 is 14.0 Å². The summed E-state index contributed by atoms with van der Waals surface area (Å²) in [7, 11) is 2.89. The Kier molecular flexibility index (Phi) is 6.06. The first-order chi connectivity index (χ1) is 15.4. The Morgan fingerprint density at radius 3 is 2.31 bits per heavy atom. The molecule has 166 valence electrons. The van der Waals surface area contributed by atoms with E-state index in [-0.39, 0.29) is 24.3 Å². The molecular weight excluding hydrogens is 456 g/mol. The number of thiophene rings is 2. The van der Waals surface area contributed by atoms with Gasteiger partial charge in [-0.15, -0.1) is 22.7 Å². The second-order valence-electron chi connectivity index (χ2n) is 6.86. The molecule has 32 heavy (non-hydrogen) atoms. The van der Waals surface area contributed by atoms with Crippen LogP contribution in [0.4, 0.5) is 0 Å². The van der Waals surface area contributed by atoms with Gasteiger partial charge >= 0.3 is 17.6 Å². The first kappa shape index (κ1) is 21.7. The summed E-state index contributed by atoms with van der Waals surface area (Å²) in [5.41, 5.74) is -0.647. The number of nitrogens with zero attached hydrogens (tertiary/aromatic N) is 4. The molecule has 0 bridgehead atoms. The first-order valence-corrected chi connectivity index (χ1v) is 11.2. The van der Waals surface area contributed by atoms with Crippen LogP contribution in [0.15, 0.2) is 50.9 Å². The van der Waals surface area contributed by atoms with Crippen molar-refractivity contribution in [3.8, 4) is 0 Å². The Labute approximate surface area is 188 Å². The monoisotopic (exact) mass is 474 g/mol. The van der Waals surface area contributed by atoms with Crippen LogP contribution in [0.25, 0.3) is 11.2 Å². The fourth-order valence-corrected chi connectivity index (χ4v) is 4.34. The number of imidazole rings is 1. The van der Waals surface area contributed by atoms with E-state index in [0.717, 1.165) is 4.57 Å². The quantitative estimate of drug-likeness (QED) is 0.374. The fraction of sp³-hybridized carbons (Fsp3) is 0.250. The summed E-state index contributed by atoms with van der Waals surface area (Å²) < 4.78 is 14.7. The number of ether oxygens (including phenoxy) is 2.